The van der Waals surface area contributed by atoms with E-state index in [0.717, 1.165) is 0 Å². The van der Waals surface area contributed by atoms with Gasteiger partial charge in [-0.15, -0.1) is 0 Å². The Morgan fingerprint density at radius 1 is 1.56 bits per heavy atom. The van der Waals surface area contributed by atoms with Gasteiger partial charge >= 0.3 is 0 Å². The van der Waals surface area contributed by atoms with Gasteiger partial charge in [0.05, 0.1) is 5.02 Å². The average Bonchev–Trinajstić information content (AvgIpc) is 2.25. The maximum Gasteiger partial charge on any atom is 0.277 e. The van der Waals surface area contributed by atoms with Gasteiger partial charge in [-0.05, 0) is 25.1 Å². The van der Waals surface area contributed by atoms with Crippen LogP contribution in [0.15, 0.2) is 23.3 Å². The molecule has 0 saturated heterocycles. The van der Waals surface area contributed by atoms with Crippen molar-refractivity contribution >= 4 is 35.3 Å². The van der Waals surface area contributed by atoms with Crippen LogP contribution in [0.1, 0.15) is 6.92 Å². The molecule has 0 fully saturated rings. The maximum absolute atomic E-state index is 11.1. The molecule has 1 aromatic rings. The summed E-state index contributed by atoms with van der Waals surface area (Å²) in [5, 5.41) is 4.43. The molecular weight excluding hydrogens is 251 g/mol. The summed E-state index contributed by atoms with van der Waals surface area (Å²) in [5.41, 5.74) is 2.27. The summed E-state index contributed by atoms with van der Waals surface area (Å²) < 4.78 is 5.17. The van der Waals surface area contributed by atoms with Crippen molar-refractivity contribution in [3.8, 4) is 5.75 Å². The Kier molecular flexibility index (Phi) is 5.08. The number of halogens is 2. The monoisotopic (exact) mass is 260 g/mol. The minimum atomic E-state index is -0.357. The molecule has 1 N–H and O–H groups in total. The fourth-order valence-electron chi connectivity index (χ4n) is 0.904. The fourth-order valence-corrected chi connectivity index (χ4v) is 1.37. The molecule has 86 valence electrons. The summed E-state index contributed by atoms with van der Waals surface area (Å²) in [4.78, 5) is 11.1. The van der Waals surface area contributed by atoms with Gasteiger partial charge < -0.3 is 4.74 Å². The molecule has 0 heterocycles. The van der Waals surface area contributed by atoms with Crippen LogP contribution in [0.5, 0.6) is 5.75 Å². The van der Waals surface area contributed by atoms with Crippen molar-refractivity contribution in [3.05, 3.63) is 28.2 Å². The van der Waals surface area contributed by atoms with Crippen molar-refractivity contribution in [1.29, 1.82) is 0 Å². The first-order chi connectivity index (χ1) is 7.63. The van der Waals surface area contributed by atoms with Crippen molar-refractivity contribution in [1.82, 2.24) is 5.43 Å². The van der Waals surface area contributed by atoms with E-state index >= 15 is 0 Å². The van der Waals surface area contributed by atoms with Crippen LogP contribution in [0, 0.1) is 0 Å². The van der Waals surface area contributed by atoms with Crippen molar-refractivity contribution in [2.75, 3.05) is 6.61 Å². The number of ether oxygens (including phenoxy) is 1. The molecule has 0 aliphatic rings. The van der Waals surface area contributed by atoms with Crippen LogP contribution in [0.4, 0.5) is 0 Å². The summed E-state index contributed by atoms with van der Waals surface area (Å²) in [5.74, 6) is 0.0470. The minimum Gasteiger partial charge on any atom is -0.482 e. The minimum absolute atomic E-state index is 0.154. The molecule has 0 atom stereocenters. The van der Waals surface area contributed by atoms with Crippen LogP contribution in [0.25, 0.3) is 0 Å². The quantitative estimate of drug-likeness (QED) is 0.668. The topological polar surface area (TPSA) is 50.7 Å². The van der Waals surface area contributed by atoms with Crippen LogP contribution < -0.4 is 10.2 Å². The second-order valence-corrected chi connectivity index (χ2v) is 3.63. The highest BCUT2D eigenvalue weighted by molar-refractivity contribution is 6.35. The summed E-state index contributed by atoms with van der Waals surface area (Å²) in [7, 11) is 0. The molecule has 4 nitrogen and oxygen atoms in total. The van der Waals surface area contributed by atoms with Gasteiger partial charge in [-0.2, -0.15) is 5.10 Å². The van der Waals surface area contributed by atoms with Gasteiger partial charge in [0.15, 0.2) is 6.61 Å². The highest BCUT2D eigenvalue weighted by Crippen LogP contribution is 2.27. The molecule has 0 radical (unpaired) electrons. The lowest BCUT2D eigenvalue weighted by molar-refractivity contribution is -0.123. The smallest absolute Gasteiger partial charge is 0.277 e. The summed E-state index contributed by atoms with van der Waals surface area (Å²) in [6, 6.07) is 4.77. The lowest BCUT2D eigenvalue weighted by atomic mass is 10.3. The third kappa shape index (κ3) is 4.08. The Bertz CT molecular complexity index is 408. The summed E-state index contributed by atoms with van der Waals surface area (Å²) >= 11 is 11.6. The number of nitrogens with one attached hydrogen (secondary N) is 1. The van der Waals surface area contributed by atoms with Gasteiger partial charge in [0.1, 0.15) is 5.75 Å². The molecule has 0 spiro atoms. The van der Waals surface area contributed by atoms with Crippen LogP contribution in [0.2, 0.25) is 10.0 Å². The molecule has 6 heteroatoms. The first-order valence-corrected chi connectivity index (χ1v) is 5.23. The molecule has 0 unspecified atom stereocenters. The lowest BCUT2D eigenvalue weighted by Gasteiger charge is -2.06. The SMILES string of the molecule is C/C=N/NC(=O)COc1ccc(Cl)cc1Cl. The number of hydrazone groups is 1. The van der Waals surface area contributed by atoms with Crippen molar-refractivity contribution in [2.24, 2.45) is 5.10 Å². The number of rotatable bonds is 4. The largest absolute Gasteiger partial charge is 0.482 e. The van der Waals surface area contributed by atoms with Crippen LogP contribution in [-0.2, 0) is 4.79 Å². The van der Waals surface area contributed by atoms with E-state index in [9.17, 15) is 4.79 Å². The van der Waals surface area contributed by atoms with E-state index in [0.29, 0.717) is 15.8 Å². The molecule has 0 aliphatic heterocycles. The third-order valence-electron chi connectivity index (χ3n) is 1.57. The van der Waals surface area contributed by atoms with Crippen LogP contribution in [-0.4, -0.2) is 18.7 Å². The van der Waals surface area contributed by atoms with Crippen molar-refractivity contribution < 1.29 is 9.53 Å². The standard InChI is InChI=1S/C10H10Cl2N2O2/c1-2-13-14-10(15)6-16-9-4-3-7(11)5-8(9)12/h2-5H,6H2,1H3,(H,14,15)/b13-2+. The number of amides is 1. The second-order valence-electron chi connectivity index (χ2n) is 2.79. The number of carbonyl (C=O) groups is 1. The first-order valence-electron chi connectivity index (χ1n) is 4.48. The zero-order chi connectivity index (χ0) is 12.0. The lowest BCUT2D eigenvalue weighted by Crippen LogP contribution is -2.24. The Morgan fingerprint density at radius 2 is 2.31 bits per heavy atom. The molecule has 0 aliphatic carbocycles. The number of hydrogen-bond donors (Lipinski definition) is 1. The van der Waals surface area contributed by atoms with Gasteiger partial charge in [0, 0.05) is 11.2 Å². The van der Waals surface area contributed by atoms with E-state index in [4.69, 9.17) is 27.9 Å². The maximum atomic E-state index is 11.1. The summed E-state index contributed by atoms with van der Waals surface area (Å²) in [6.07, 6.45) is 1.47. The van der Waals surface area contributed by atoms with E-state index in [1.54, 1.807) is 25.1 Å². The van der Waals surface area contributed by atoms with Crippen LogP contribution in [0.3, 0.4) is 0 Å². The van der Waals surface area contributed by atoms with Crippen LogP contribution >= 0.6 is 23.2 Å². The molecular formula is C10H10Cl2N2O2. The molecule has 1 aromatic carbocycles. The number of carbonyl (C=O) groups excluding carboxylic acids is 1. The van der Waals surface area contributed by atoms with Gasteiger partial charge in [0.2, 0.25) is 0 Å². The highest BCUT2D eigenvalue weighted by atomic mass is 35.5. The van der Waals surface area contributed by atoms with E-state index in [1.165, 1.54) is 6.21 Å². The van der Waals surface area contributed by atoms with Crippen molar-refractivity contribution in [2.45, 2.75) is 6.92 Å². The van der Waals surface area contributed by atoms with E-state index in [-0.39, 0.29) is 12.5 Å². The van der Waals surface area contributed by atoms with Gasteiger partial charge in [-0.25, -0.2) is 5.43 Å². The van der Waals surface area contributed by atoms with E-state index in [1.807, 2.05) is 0 Å². The second kappa shape index (κ2) is 6.35. The zero-order valence-corrected chi connectivity index (χ0v) is 10.0. The number of nitrogens with zero attached hydrogens (tertiary/aromatic N) is 1. The Balaban J connectivity index is 2.51. The van der Waals surface area contributed by atoms with Gasteiger partial charge in [0.25, 0.3) is 5.91 Å². The average molecular weight is 261 g/mol. The predicted molar refractivity (Wildman–Crippen MR) is 64.3 cm³/mol. The Morgan fingerprint density at radius 3 is 2.94 bits per heavy atom. The van der Waals surface area contributed by atoms with Gasteiger partial charge in [-0.1, -0.05) is 23.2 Å². The Hall–Kier alpha value is -1.26. The van der Waals surface area contributed by atoms with E-state index < -0.39 is 0 Å². The molecule has 0 aromatic heterocycles. The number of hydrogen-bond acceptors (Lipinski definition) is 3. The highest BCUT2D eigenvalue weighted by Gasteiger charge is 2.05. The fraction of sp³-hybridized carbons (Fsp3) is 0.200. The molecule has 1 amide bonds. The molecule has 0 saturated carbocycles. The normalized spacial score (nSPS) is 10.4. The Labute approximate surface area is 103 Å². The third-order valence-corrected chi connectivity index (χ3v) is 2.10. The molecule has 0 bridgehead atoms. The van der Waals surface area contributed by atoms with E-state index in [2.05, 4.69) is 10.5 Å². The summed E-state index contributed by atoms with van der Waals surface area (Å²) in [6.45, 7) is 1.54. The molecule has 1 rings (SSSR count). The zero-order valence-electron chi connectivity index (χ0n) is 8.54. The predicted octanol–water partition coefficient (Wildman–Crippen LogP) is 2.49. The first kappa shape index (κ1) is 12.8. The molecule has 16 heavy (non-hydrogen) atoms. The van der Waals surface area contributed by atoms with Crippen molar-refractivity contribution in [3.63, 3.8) is 0 Å². The number of benzene rings is 1. The van der Waals surface area contributed by atoms with Gasteiger partial charge in [-0.3, -0.25) is 4.79 Å².